The van der Waals surface area contributed by atoms with Crippen LogP contribution in [-0.2, 0) is 19.0 Å². The van der Waals surface area contributed by atoms with Crippen LogP contribution in [0.2, 0.25) is 0 Å². The highest BCUT2D eigenvalue weighted by Gasteiger charge is 2.75. The molecular weight excluding hydrogens is 232 g/mol. The van der Waals surface area contributed by atoms with Crippen molar-refractivity contribution in [3.05, 3.63) is 0 Å². The predicted octanol–water partition coefficient (Wildman–Crippen LogP) is 1.95. The highest BCUT2D eigenvalue weighted by Crippen LogP contribution is 2.61. The van der Waals surface area contributed by atoms with E-state index in [1.807, 2.05) is 0 Å². The fraction of sp³-hybridized carbons (Fsp3) is 0.929. The standard InChI is InChI=1S/C14H20O4/c15-9-16-12(13-7-3-1-5-10(13)17-13)14-8-4-2-6-11(14)18-14/h9-12H,1-8H2. The molecule has 2 heterocycles. The normalized spacial score (nSPS) is 50.7. The van der Waals surface area contributed by atoms with Crippen LogP contribution < -0.4 is 0 Å². The number of rotatable bonds is 4. The lowest BCUT2D eigenvalue weighted by molar-refractivity contribution is -0.143. The lowest BCUT2D eigenvalue weighted by Gasteiger charge is -2.32. The van der Waals surface area contributed by atoms with Gasteiger partial charge in [-0.25, -0.2) is 0 Å². The van der Waals surface area contributed by atoms with E-state index in [1.54, 1.807) is 0 Å². The zero-order valence-corrected chi connectivity index (χ0v) is 10.6. The van der Waals surface area contributed by atoms with Crippen LogP contribution in [0.4, 0.5) is 0 Å². The monoisotopic (exact) mass is 252 g/mol. The van der Waals surface area contributed by atoms with Crippen molar-refractivity contribution in [3.63, 3.8) is 0 Å². The molecule has 2 aliphatic carbocycles. The molecule has 2 aliphatic heterocycles. The van der Waals surface area contributed by atoms with Crippen LogP contribution in [0.5, 0.6) is 0 Å². The third-order valence-electron chi connectivity index (χ3n) is 5.35. The first kappa shape index (κ1) is 11.2. The molecule has 0 N–H and O–H groups in total. The Labute approximate surface area is 107 Å². The minimum atomic E-state index is -0.203. The summed E-state index contributed by atoms with van der Waals surface area (Å²) in [6, 6.07) is 0. The average Bonchev–Trinajstić information content (AvgIpc) is 3.28. The van der Waals surface area contributed by atoms with Crippen LogP contribution in [0.1, 0.15) is 51.4 Å². The van der Waals surface area contributed by atoms with Crippen molar-refractivity contribution >= 4 is 6.47 Å². The molecule has 0 amide bonds. The summed E-state index contributed by atoms with van der Waals surface area (Å²) >= 11 is 0. The maximum atomic E-state index is 10.9. The lowest BCUT2D eigenvalue weighted by Crippen LogP contribution is -2.49. The van der Waals surface area contributed by atoms with E-state index in [4.69, 9.17) is 14.2 Å². The van der Waals surface area contributed by atoms with Crippen LogP contribution in [-0.4, -0.2) is 36.0 Å². The lowest BCUT2D eigenvalue weighted by atomic mass is 9.74. The molecule has 4 nitrogen and oxygen atoms in total. The molecule has 4 atom stereocenters. The Morgan fingerprint density at radius 1 is 1.00 bits per heavy atom. The molecule has 4 rings (SSSR count). The Bertz CT molecular complexity index is 341. The van der Waals surface area contributed by atoms with Crippen molar-refractivity contribution < 1.29 is 19.0 Å². The summed E-state index contributed by atoms with van der Waals surface area (Å²) in [6.07, 6.45) is 9.52. The summed E-state index contributed by atoms with van der Waals surface area (Å²) < 4.78 is 17.4. The smallest absolute Gasteiger partial charge is 0.293 e. The first-order chi connectivity index (χ1) is 8.82. The van der Waals surface area contributed by atoms with Gasteiger partial charge in [-0.2, -0.15) is 0 Å². The molecule has 0 spiro atoms. The molecular formula is C14H20O4. The molecule has 100 valence electrons. The van der Waals surface area contributed by atoms with Crippen molar-refractivity contribution in [1.29, 1.82) is 0 Å². The first-order valence-corrected chi connectivity index (χ1v) is 7.27. The quantitative estimate of drug-likeness (QED) is 0.567. The van der Waals surface area contributed by atoms with E-state index < -0.39 is 0 Å². The summed E-state index contributed by atoms with van der Waals surface area (Å²) in [7, 11) is 0. The number of fused-ring (bicyclic) bond motifs is 2. The van der Waals surface area contributed by atoms with E-state index in [1.165, 1.54) is 25.7 Å². The Morgan fingerprint density at radius 3 is 2.00 bits per heavy atom. The summed E-state index contributed by atoms with van der Waals surface area (Å²) in [5.74, 6) is 0. The number of carbonyl (C=O) groups excluding carboxylic acids is 1. The number of carbonyl (C=O) groups is 1. The Morgan fingerprint density at radius 2 is 1.56 bits per heavy atom. The Hall–Kier alpha value is -0.610. The predicted molar refractivity (Wildman–Crippen MR) is 63.1 cm³/mol. The van der Waals surface area contributed by atoms with Crippen LogP contribution in [0.15, 0.2) is 0 Å². The molecule has 2 saturated carbocycles. The summed E-state index contributed by atoms with van der Waals surface area (Å²) in [6.45, 7) is 0.592. The van der Waals surface area contributed by atoms with Gasteiger partial charge >= 0.3 is 0 Å². The van der Waals surface area contributed by atoms with E-state index in [0.717, 1.165) is 25.7 Å². The third kappa shape index (κ3) is 1.36. The molecule has 0 bridgehead atoms. The van der Waals surface area contributed by atoms with Crippen molar-refractivity contribution in [2.24, 2.45) is 0 Å². The second-order valence-corrected chi connectivity index (χ2v) is 6.23. The molecule has 0 aromatic rings. The number of ether oxygens (including phenoxy) is 3. The number of hydrogen-bond donors (Lipinski definition) is 0. The number of hydrogen-bond acceptors (Lipinski definition) is 4. The molecule has 4 aliphatic rings. The van der Waals surface area contributed by atoms with Crippen LogP contribution in [0, 0.1) is 0 Å². The molecule has 4 unspecified atom stereocenters. The minimum Gasteiger partial charge on any atom is -0.458 e. The van der Waals surface area contributed by atoms with Gasteiger partial charge in [0.25, 0.3) is 6.47 Å². The topological polar surface area (TPSA) is 51.4 Å². The van der Waals surface area contributed by atoms with Gasteiger partial charge in [0.2, 0.25) is 0 Å². The fourth-order valence-electron chi connectivity index (χ4n) is 4.39. The van der Waals surface area contributed by atoms with Crippen molar-refractivity contribution in [2.75, 3.05) is 0 Å². The van der Waals surface area contributed by atoms with E-state index in [0.29, 0.717) is 18.7 Å². The maximum Gasteiger partial charge on any atom is 0.293 e. The SMILES string of the molecule is O=COC(C12CCCCC1O2)C12CCCCC1O2. The zero-order chi connectivity index (χ0) is 12.2. The van der Waals surface area contributed by atoms with Crippen molar-refractivity contribution in [2.45, 2.75) is 80.9 Å². The van der Waals surface area contributed by atoms with Gasteiger partial charge < -0.3 is 14.2 Å². The first-order valence-electron chi connectivity index (χ1n) is 7.27. The van der Waals surface area contributed by atoms with Crippen LogP contribution in [0.25, 0.3) is 0 Å². The van der Waals surface area contributed by atoms with E-state index in [2.05, 4.69) is 0 Å². The van der Waals surface area contributed by atoms with Gasteiger partial charge in [-0.3, -0.25) is 4.79 Å². The Balaban J connectivity index is 1.60. The average molecular weight is 252 g/mol. The third-order valence-corrected chi connectivity index (χ3v) is 5.35. The fourth-order valence-corrected chi connectivity index (χ4v) is 4.39. The summed E-state index contributed by atoms with van der Waals surface area (Å²) in [5, 5.41) is 0. The zero-order valence-electron chi connectivity index (χ0n) is 10.6. The molecule has 18 heavy (non-hydrogen) atoms. The van der Waals surface area contributed by atoms with Gasteiger partial charge in [0.05, 0.1) is 12.2 Å². The van der Waals surface area contributed by atoms with Crippen molar-refractivity contribution in [1.82, 2.24) is 0 Å². The second-order valence-electron chi connectivity index (χ2n) is 6.23. The maximum absolute atomic E-state index is 10.9. The molecule has 4 fully saturated rings. The summed E-state index contributed by atoms with van der Waals surface area (Å²) in [5.41, 5.74) is -0.406. The van der Waals surface area contributed by atoms with Gasteiger partial charge in [0.1, 0.15) is 11.2 Å². The highest BCUT2D eigenvalue weighted by atomic mass is 16.7. The van der Waals surface area contributed by atoms with E-state index in [-0.39, 0.29) is 17.3 Å². The van der Waals surface area contributed by atoms with E-state index >= 15 is 0 Å². The molecule has 2 saturated heterocycles. The minimum absolute atomic E-state index is 0.168. The molecule has 0 radical (unpaired) electrons. The van der Waals surface area contributed by atoms with Gasteiger partial charge in [-0.05, 0) is 25.7 Å². The van der Waals surface area contributed by atoms with Crippen LogP contribution in [0.3, 0.4) is 0 Å². The van der Waals surface area contributed by atoms with Gasteiger partial charge in [-0.1, -0.05) is 25.7 Å². The second kappa shape index (κ2) is 3.70. The Kier molecular flexibility index (Phi) is 2.31. The summed E-state index contributed by atoms with van der Waals surface area (Å²) in [4.78, 5) is 10.9. The number of epoxide rings is 2. The van der Waals surface area contributed by atoms with Gasteiger partial charge in [-0.15, -0.1) is 0 Å². The largest absolute Gasteiger partial charge is 0.458 e. The molecule has 0 aromatic heterocycles. The van der Waals surface area contributed by atoms with Crippen molar-refractivity contribution in [3.8, 4) is 0 Å². The molecule has 0 aromatic carbocycles. The van der Waals surface area contributed by atoms with Crippen LogP contribution >= 0.6 is 0 Å². The van der Waals surface area contributed by atoms with Gasteiger partial charge in [0.15, 0.2) is 6.10 Å². The van der Waals surface area contributed by atoms with E-state index in [9.17, 15) is 4.79 Å². The van der Waals surface area contributed by atoms with Gasteiger partial charge in [0, 0.05) is 0 Å². The highest BCUT2D eigenvalue weighted by molar-refractivity contribution is 5.40. The molecule has 4 heteroatoms.